The van der Waals surface area contributed by atoms with E-state index in [2.05, 4.69) is 10.3 Å². The summed E-state index contributed by atoms with van der Waals surface area (Å²) in [5.74, 6) is -4.76. The molecule has 1 aliphatic rings. The molecular formula is C26H22ClF3N2O6. The van der Waals surface area contributed by atoms with Gasteiger partial charge in [0.15, 0.2) is 17.6 Å². The van der Waals surface area contributed by atoms with E-state index in [4.69, 9.17) is 25.8 Å². The number of alkyl halides is 2. The zero-order valence-electron chi connectivity index (χ0n) is 20.1. The number of benzene rings is 2. The standard InChI is InChI=1S/C26H22ClF3N2O6/c1-36-20-8-6-18(32-23(20)13-3-5-17(28)16(27)9-13)15(25(34)35)12-31-24(33)14-4-7-19(21(10-14)37-2)38-22-11-26(22,29)30/h3-10,22,34-35H,11-12H2,1-2H3,(H,31,33). The second-order valence-electron chi connectivity index (χ2n) is 8.30. The maximum absolute atomic E-state index is 13.6. The first-order chi connectivity index (χ1) is 18.0. The third-order valence-electron chi connectivity index (χ3n) is 5.74. The van der Waals surface area contributed by atoms with Crippen molar-refractivity contribution in [3.8, 4) is 28.5 Å². The second-order valence-corrected chi connectivity index (χ2v) is 8.71. The van der Waals surface area contributed by atoms with E-state index in [9.17, 15) is 28.2 Å². The lowest BCUT2D eigenvalue weighted by atomic mass is 10.1. The van der Waals surface area contributed by atoms with Crippen LogP contribution in [0.15, 0.2) is 54.5 Å². The number of aliphatic hydroxyl groups is 2. The molecular weight excluding hydrogens is 529 g/mol. The van der Waals surface area contributed by atoms with E-state index < -0.39 is 36.1 Å². The molecule has 3 aromatic rings. The van der Waals surface area contributed by atoms with Crippen molar-refractivity contribution in [3.05, 3.63) is 76.6 Å². The molecule has 1 heterocycles. The van der Waals surface area contributed by atoms with Crippen molar-refractivity contribution in [1.29, 1.82) is 0 Å². The van der Waals surface area contributed by atoms with E-state index in [1.807, 2.05) is 0 Å². The summed E-state index contributed by atoms with van der Waals surface area (Å²) in [7, 11) is 2.72. The summed E-state index contributed by atoms with van der Waals surface area (Å²) in [6.45, 7) is -0.348. The Bertz CT molecular complexity index is 1410. The van der Waals surface area contributed by atoms with Gasteiger partial charge in [0.1, 0.15) is 17.3 Å². The van der Waals surface area contributed by atoms with Crippen LogP contribution in [0.1, 0.15) is 22.5 Å². The fraction of sp³-hybridized carbons (Fsp3) is 0.231. The van der Waals surface area contributed by atoms with E-state index in [1.165, 1.54) is 56.7 Å². The molecule has 1 unspecified atom stereocenters. The number of pyridine rings is 1. The Morgan fingerprint density at radius 2 is 1.76 bits per heavy atom. The molecule has 4 rings (SSSR count). The Morgan fingerprint density at radius 3 is 2.37 bits per heavy atom. The molecule has 2 aromatic carbocycles. The normalized spacial score (nSPS) is 15.4. The molecule has 1 aromatic heterocycles. The van der Waals surface area contributed by atoms with Gasteiger partial charge in [-0.1, -0.05) is 11.6 Å². The molecule has 0 radical (unpaired) electrons. The lowest BCUT2D eigenvalue weighted by molar-refractivity contribution is 0.0655. The number of aliphatic hydroxyl groups excluding tert-OH is 1. The molecule has 8 nitrogen and oxygen atoms in total. The van der Waals surface area contributed by atoms with Gasteiger partial charge in [-0.15, -0.1) is 0 Å². The number of methoxy groups -OCH3 is 2. The lowest BCUT2D eigenvalue weighted by Crippen LogP contribution is -2.26. The van der Waals surface area contributed by atoms with Crippen LogP contribution < -0.4 is 19.5 Å². The largest absolute Gasteiger partial charge is 0.494 e. The van der Waals surface area contributed by atoms with Crippen LogP contribution >= 0.6 is 11.6 Å². The molecule has 0 bridgehead atoms. The van der Waals surface area contributed by atoms with Gasteiger partial charge < -0.3 is 29.7 Å². The number of carbonyl (C=O) groups is 1. The topological polar surface area (TPSA) is 110 Å². The number of aromatic nitrogens is 1. The summed E-state index contributed by atoms with van der Waals surface area (Å²) in [6, 6.07) is 10.9. The van der Waals surface area contributed by atoms with Crippen molar-refractivity contribution in [2.75, 3.05) is 20.8 Å². The number of amides is 1. The summed E-state index contributed by atoms with van der Waals surface area (Å²) in [4.78, 5) is 17.2. The molecule has 38 heavy (non-hydrogen) atoms. The van der Waals surface area contributed by atoms with Gasteiger partial charge in [0.2, 0.25) is 0 Å². The average molecular weight is 551 g/mol. The molecule has 200 valence electrons. The SMILES string of the molecule is COc1cc(C(=O)NCC(=C(O)O)c2ccc(OC)c(-c3ccc(F)c(Cl)c3)n2)ccc1OC1CC1(F)F. The van der Waals surface area contributed by atoms with Crippen LogP contribution in [0.2, 0.25) is 5.02 Å². The first-order valence-corrected chi connectivity index (χ1v) is 11.5. The van der Waals surface area contributed by atoms with Gasteiger partial charge >= 0.3 is 0 Å². The number of hydrogen-bond acceptors (Lipinski definition) is 7. The summed E-state index contributed by atoms with van der Waals surface area (Å²) >= 11 is 5.90. The van der Waals surface area contributed by atoms with Gasteiger partial charge in [-0.3, -0.25) is 4.79 Å². The van der Waals surface area contributed by atoms with Gasteiger partial charge in [0.05, 0.1) is 43.5 Å². The molecule has 3 N–H and O–H groups in total. The van der Waals surface area contributed by atoms with Crippen LogP contribution in [0.25, 0.3) is 16.8 Å². The summed E-state index contributed by atoms with van der Waals surface area (Å²) in [6.07, 6.45) is -1.64. The van der Waals surface area contributed by atoms with Crippen molar-refractivity contribution in [2.45, 2.75) is 18.4 Å². The van der Waals surface area contributed by atoms with Crippen LogP contribution in [-0.2, 0) is 0 Å². The summed E-state index contributed by atoms with van der Waals surface area (Å²) < 4.78 is 55.8. The minimum atomic E-state index is -2.89. The smallest absolute Gasteiger partial charge is 0.288 e. The zero-order chi connectivity index (χ0) is 27.6. The highest BCUT2D eigenvalue weighted by molar-refractivity contribution is 6.31. The molecule has 1 aliphatic carbocycles. The van der Waals surface area contributed by atoms with E-state index in [0.717, 1.165) is 6.07 Å². The number of hydrogen-bond donors (Lipinski definition) is 3. The molecule has 12 heteroatoms. The number of halogens is 4. The van der Waals surface area contributed by atoms with E-state index >= 15 is 0 Å². The van der Waals surface area contributed by atoms with E-state index in [-0.39, 0.29) is 45.6 Å². The first kappa shape index (κ1) is 26.9. The van der Waals surface area contributed by atoms with Gasteiger partial charge in [-0.2, -0.15) is 0 Å². The molecule has 1 atom stereocenters. The minimum absolute atomic E-state index is 0.0654. The van der Waals surface area contributed by atoms with Crippen LogP contribution in [0, 0.1) is 5.82 Å². The number of rotatable bonds is 9. The fourth-order valence-corrected chi connectivity index (χ4v) is 3.74. The minimum Gasteiger partial charge on any atom is -0.494 e. The highest BCUT2D eigenvalue weighted by Gasteiger charge is 2.60. The van der Waals surface area contributed by atoms with Gasteiger partial charge in [0.25, 0.3) is 17.8 Å². The van der Waals surface area contributed by atoms with Crippen LogP contribution in [-0.4, -0.2) is 53.9 Å². The summed E-state index contributed by atoms with van der Waals surface area (Å²) in [5.41, 5.74) is 0.734. The average Bonchev–Trinajstić information content (AvgIpc) is 3.50. The van der Waals surface area contributed by atoms with E-state index in [1.54, 1.807) is 0 Å². The van der Waals surface area contributed by atoms with E-state index in [0.29, 0.717) is 11.3 Å². The highest BCUT2D eigenvalue weighted by Crippen LogP contribution is 2.46. The molecule has 0 aliphatic heterocycles. The highest BCUT2D eigenvalue weighted by atomic mass is 35.5. The van der Waals surface area contributed by atoms with Crippen molar-refractivity contribution in [3.63, 3.8) is 0 Å². The molecule has 1 saturated carbocycles. The molecule has 0 spiro atoms. The van der Waals surface area contributed by atoms with Crippen molar-refractivity contribution >= 4 is 23.1 Å². The number of ether oxygens (including phenoxy) is 3. The molecule has 1 fully saturated rings. The van der Waals surface area contributed by atoms with Gasteiger partial charge in [0, 0.05) is 11.1 Å². The van der Waals surface area contributed by atoms with Gasteiger partial charge in [-0.05, 0) is 48.5 Å². The predicted molar refractivity (Wildman–Crippen MR) is 133 cm³/mol. The maximum atomic E-state index is 13.6. The Morgan fingerprint density at radius 1 is 1.08 bits per heavy atom. The fourth-order valence-electron chi connectivity index (χ4n) is 3.56. The maximum Gasteiger partial charge on any atom is 0.288 e. The Labute approximate surface area is 220 Å². The monoisotopic (exact) mass is 550 g/mol. The Kier molecular flexibility index (Phi) is 7.58. The van der Waals surface area contributed by atoms with Crippen LogP contribution in [0.5, 0.6) is 17.2 Å². The molecule has 1 amide bonds. The third kappa shape index (κ3) is 5.72. The predicted octanol–water partition coefficient (Wildman–Crippen LogP) is 5.56. The van der Waals surface area contributed by atoms with Crippen molar-refractivity contribution < 1.29 is 42.4 Å². The third-order valence-corrected chi connectivity index (χ3v) is 6.03. The van der Waals surface area contributed by atoms with Crippen molar-refractivity contribution in [2.24, 2.45) is 0 Å². The van der Waals surface area contributed by atoms with Crippen LogP contribution in [0.4, 0.5) is 13.2 Å². The van der Waals surface area contributed by atoms with Crippen molar-refractivity contribution in [1.82, 2.24) is 10.3 Å². The second kappa shape index (κ2) is 10.7. The molecule has 0 saturated heterocycles. The Balaban J connectivity index is 1.54. The summed E-state index contributed by atoms with van der Waals surface area (Å²) in [5, 5.41) is 22.2. The number of carbonyl (C=O) groups excluding carboxylic acids is 1. The van der Waals surface area contributed by atoms with Crippen LogP contribution in [0.3, 0.4) is 0 Å². The first-order valence-electron chi connectivity index (χ1n) is 11.2. The number of nitrogens with one attached hydrogen (secondary N) is 1. The number of nitrogens with zero attached hydrogens (tertiary/aromatic N) is 1. The quantitative estimate of drug-likeness (QED) is 0.299. The zero-order valence-corrected chi connectivity index (χ0v) is 20.9. The Hall–Kier alpha value is -4.12. The lowest BCUT2D eigenvalue weighted by Gasteiger charge is -2.14. The van der Waals surface area contributed by atoms with Gasteiger partial charge in [-0.25, -0.2) is 18.2 Å².